The molecule has 1 aromatic carbocycles. The van der Waals surface area contributed by atoms with E-state index in [9.17, 15) is 0 Å². The maximum atomic E-state index is 5.66. The minimum Gasteiger partial charge on any atom is -0.330 e. The number of rotatable bonds is 7. The van der Waals surface area contributed by atoms with E-state index in [-0.39, 0.29) is 0 Å². The van der Waals surface area contributed by atoms with E-state index in [0.717, 1.165) is 19.0 Å². The van der Waals surface area contributed by atoms with Gasteiger partial charge in [0.05, 0.1) is 0 Å². The standard InChI is InChI=1S/C16H26N2/c17-12-6-13-18(16-9-4-5-10-16)14-11-15-7-2-1-3-8-15/h1-3,7-8,16H,4-6,9-14,17H2. The molecule has 0 unspecified atom stereocenters. The summed E-state index contributed by atoms with van der Waals surface area (Å²) in [5.74, 6) is 0. The fourth-order valence-corrected chi connectivity index (χ4v) is 2.96. The van der Waals surface area contributed by atoms with E-state index in [2.05, 4.69) is 35.2 Å². The number of nitrogens with zero attached hydrogens (tertiary/aromatic N) is 1. The van der Waals surface area contributed by atoms with Crippen LogP contribution in [-0.4, -0.2) is 30.6 Å². The van der Waals surface area contributed by atoms with E-state index in [1.54, 1.807) is 0 Å². The van der Waals surface area contributed by atoms with E-state index in [1.165, 1.54) is 50.8 Å². The van der Waals surface area contributed by atoms with E-state index < -0.39 is 0 Å². The van der Waals surface area contributed by atoms with Crippen molar-refractivity contribution >= 4 is 0 Å². The van der Waals surface area contributed by atoms with Crippen molar-refractivity contribution in [1.29, 1.82) is 0 Å². The molecule has 0 amide bonds. The SMILES string of the molecule is NCCCN(CCc1ccccc1)C1CCCC1. The molecule has 2 rings (SSSR count). The van der Waals surface area contributed by atoms with Crippen LogP contribution in [0.2, 0.25) is 0 Å². The summed E-state index contributed by atoms with van der Waals surface area (Å²) >= 11 is 0. The number of nitrogens with two attached hydrogens (primary N) is 1. The molecule has 0 radical (unpaired) electrons. The zero-order valence-electron chi connectivity index (χ0n) is 11.4. The highest BCUT2D eigenvalue weighted by Gasteiger charge is 2.21. The lowest BCUT2D eigenvalue weighted by molar-refractivity contribution is 0.199. The maximum Gasteiger partial charge on any atom is 0.00953 e. The van der Waals surface area contributed by atoms with Crippen LogP contribution in [0.15, 0.2) is 30.3 Å². The zero-order chi connectivity index (χ0) is 12.6. The Kier molecular flexibility index (Phi) is 5.69. The lowest BCUT2D eigenvalue weighted by Crippen LogP contribution is -2.36. The Bertz CT molecular complexity index is 317. The number of hydrogen-bond donors (Lipinski definition) is 1. The third kappa shape index (κ3) is 4.11. The van der Waals surface area contributed by atoms with Gasteiger partial charge in [-0.1, -0.05) is 43.2 Å². The molecule has 18 heavy (non-hydrogen) atoms. The minimum absolute atomic E-state index is 0.814. The van der Waals surface area contributed by atoms with Crippen LogP contribution in [0, 0.1) is 0 Å². The summed E-state index contributed by atoms with van der Waals surface area (Å²) in [4.78, 5) is 2.67. The predicted octanol–water partition coefficient (Wildman–Crippen LogP) is 2.82. The first-order valence-corrected chi connectivity index (χ1v) is 7.38. The van der Waals surface area contributed by atoms with Crippen LogP contribution < -0.4 is 5.73 Å². The Morgan fingerprint density at radius 1 is 1.06 bits per heavy atom. The molecular weight excluding hydrogens is 220 g/mol. The Balaban J connectivity index is 1.84. The van der Waals surface area contributed by atoms with Gasteiger partial charge in [0.2, 0.25) is 0 Å². The van der Waals surface area contributed by atoms with Crippen LogP contribution in [0.1, 0.15) is 37.7 Å². The lowest BCUT2D eigenvalue weighted by atomic mass is 10.1. The van der Waals surface area contributed by atoms with Crippen molar-refractivity contribution in [3.8, 4) is 0 Å². The second-order valence-corrected chi connectivity index (χ2v) is 5.35. The third-order valence-electron chi connectivity index (χ3n) is 4.02. The van der Waals surface area contributed by atoms with Crippen LogP contribution in [0.4, 0.5) is 0 Å². The number of benzene rings is 1. The van der Waals surface area contributed by atoms with Crippen molar-refractivity contribution in [2.45, 2.75) is 44.6 Å². The molecule has 0 aliphatic heterocycles. The molecule has 1 fully saturated rings. The zero-order valence-corrected chi connectivity index (χ0v) is 11.4. The molecule has 0 atom stereocenters. The summed E-state index contributed by atoms with van der Waals surface area (Å²) in [5, 5.41) is 0. The molecular formula is C16H26N2. The van der Waals surface area contributed by atoms with Crippen LogP contribution >= 0.6 is 0 Å². The highest BCUT2D eigenvalue weighted by Crippen LogP contribution is 2.23. The van der Waals surface area contributed by atoms with Gasteiger partial charge in [0.25, 0.3) is 0 Å². The highest BCUT2D eigenvalue weighted by atomic mass is 15.2. The average molecular weight is 246 g/mol. The first-order chi connectivity index (χ1) is 8.90. The van der Waals surface area contributed by atoms with Gasteiger partial charge in [-0.05, 0) is 44.3 Å². The Hall–Kier alpha value is -0.860. The van der Waals surface area contributed by atoms with Crippen molar-refractivity contribution < 1.29 is 0 Å². The fraction of sp³-hybridized carbons (Fsp3) is 0.625. The van der Waals surface area contributed by atoms with E-state index >= 15 is 0 Å². The molecule has 0 aromatic heterocycles. The molecule has 2 heteroatoms. The smallest absolute Gasteiger partial charge is 0.00953 e. The van der Waals surface area contributed by atoms with Gasteiger partial charge < -0.3 is 10.6 Å². The van der Waals surface area contributed by atoms with Crippen LogP contribution in [0.5, 0.6) is 0 Å². The molecule has 100 valence electrons. The Morgan fingerprint density at radius 2 is 1.78 bits per heavy atom. The molecule has 0 bridgehead atoms. The molecule has 1 aliphatic carbocycles. The predicted molar refractivity (Wildman–Crippen MR) is 77.6 cm³/mol. The van der Waals surface area contributed by atoms with E-state index in [1.807, 2.05) is 0 Å². The fourth-order valence-electron chi connectivity index (χ4n) is 2.96. The summed E-state index contributed by atoms with van der Waals surface area (Å²) in [6, 6.07) is 11.6. The molecule has 0 saturated heterocycles. The van der Waals surface area contributed by atoms with Crippen LogP contribution in [0.3, 0.4) is 0 Å². The van der Waals surface area contributed by atoms with Gasteiger partial charge in [-0.25, -0.2) is 0 Å². The normalized spacial score (nSPS) is 16.6. The summed E-state index contributed by atoms with van der Waals surface area (Å²) in [6.07, 6.45) is 7.90. The van der Waals surface area contributed by atoms with E-state index in [0.29, 0.717) is 0 Å². The van der Waals surface area contributed by atoms with E-state index in [4.69, 9.17) is 5.73 Å². The average Bonchev–Trinajstić information content (AvgIpc) is 2.94. The summed E-state index contributed by atoms with van der Waals surface area (Å²) in [7, 11) is 0. The molecule has 2 N–H and O–H groups in total. The second-order valence-electron chi connectivity index (χ2n) is 5.35. The Morgan fingerprint density at radius 3 is 2.44 bits per heavy atom. The first-order valence-electron chi connectivity index (χ1n) is 7.38. The van der Waals surface area contributed by atoms with Gasteiger partial charge in [-0.2, -0.15) is 0 Å². The van der Waals surface area contributed by atoms with Crippen molar-refractivity contribution in [2.24, 2.45) is 5.73 Å². The Labute approximate surface area is 111 Å². The van der Waals surface area contributed by atoms with Gasteiger partial charge in [-0.15, -0.1) is 0 Å². The molecule has 0 heterocycles. The minimum atomic E-state index is 0.814. The largest absolute Gasteiger partial charge is 0.330 e. The third-order valence-corrected chi connectivity index (χ3v) is 4.02. The second kappa shape index (κ2) is 7.55. The van der Waals surface area contributed by atoms with Gasteiger partial charge in [-0.3, -0.25) is 0 Å². The van der Waals surface area contributed by atoms with Crippen molar-refractivity contribution in [3.63, 3.8) is 0 Å². The van der Waals surface area contributed by atoms with Gasteiger partial charge in [0.15, 0.2) is 0 Å². The van der Waals surface area contributed by atoms with Gasteiger partial charge >= 0.3 is 0 Å². The first kappa shape index (κ1) is 13.6. The molecule has 1 aromatic rings. The summed E-state index contributed by atoms with van der Waals surface area (Å²) in [5.41, 5.74) is 7.11. The molecule has 1 aliphatic rings. The maximum absolute atomic E-state index is 5.66. The summed E-state index contributed by atoms with van der Waals surface area (Å²) in [6.45, 7) is 3.18. The molecule has 1 saturated carbocycles. The van der Waals surface area contributed by atoms with Crippen LogP contribution in [-0.2, 0) is 6.42 Å². The van der Waals surface area contributed by atoms with Crippen molar-refractivity contribution in [3.05, 3.63) is 35.9 Å². The van der Waals surface area contributed by atoms with Gasteiger partial charge in [0, 0.05) is 12.6 Å². The number of hydrogen-bond acceptors (Lipinski definition) is 2. The van der Waals surface area contributed by atoms with Crippen molar-refractivity contribution in [1.82, 2.24) is 4.90 Å². The van der Waals surface area contributed by atoms with Crippen LogP contribution in [0.25, 0.3) is 0 Å². The van der Waals surface area contributed by atoms with Crippen molar-refractivity contribution in [2.75, 3.05) is 19.6 Å². The lowest BCUT2D eigenvalue weighted by Gasteiger charge is -2.28. The topological polar surface area (TPSA) is 29.3 Å². The molecule has 2 nitrogen and oxygen atoms in total. The summed E-state index contributed by atoms with van der Waals surface area (Å²) < 4.78 is 0. The van der Waals surface area contributed by atoms with Gasteiger partial charge in [0.1, 0.15) is 0 Å². The quantitative estimate of drug-likeness (QED) is 0.801. The highest BCUT2D eigenvalue weighted by molar-refractivity contribution is 5.14. The monoisotopic (exact) mass is 246 g/mol. The molecule has 0 spiro atoms.